The molecule has 0 amide bonds. The van der Waals surface area contributed by atoms with E-state index in [0.29, 0.717) is 28.6 Å². The molecule has 8 heteroatoms. The second-order valence-electron chi connectivity index (χ2n) is 7.32. The number of hydrazine groups is 1. The number of anilines is 1. The monoisotopic (exact) mass is 434 g/mol. The molecule has 4 nitrogen and oxygen atoms in total. The minimum absolute atomic E-state index is 0.0114. The van der Waals surface area contributed by atoms with Gasteiger partial charge in [-0.15, -0.1) is 0 Å². The average Bonchev–Trinajstić information content (AvgIpc) is 2.70. The second kappa shape index (κ2) is 9.02. The summed E-state index contributed by atoms with van der Waals surface area (Å²) in [5.74, 6) is 6.42. The van der Waals surface area contributed by atoms with Crippen LogP contribution >= 0.6 is 11.6 Å². The molecule has 0 unspecified atom stereocenters. The highest BCUT2D eigenvalue weighted by Gasteiger charge is 2.30. The van der Waals surface area contributed by atoms with Crippen LogP contribution in [0.1, 0.15) is 41.8 Å². The van der Waals surface area contributed by atoms with Crippen LogP contribution < -0.4 is 10.9 Å². The first kappa shape index (κ1) is 22.1. The second-order valence-corrected chi connectivity index (χ2v) is 7.76. The molecule has 0 bridgehead atoms. The molecule has 0 radical (unpaired) electrons. The van der Waals surface area contributed by atoms with Crippen LogP contribution in [-0.2, 0) is 19.0 Å². The van der Waals surface area contributed by atoms with Gasteiger partial charge in [0.25, 0.3) is 0 Å². The molecule has 2 N–H and O–H groups in total. The third kappa shape index (κ3) is 5.49. The Morgan fingerprint density at radius 1 is 1.03 bits per heavy atom. The van der Waals surface area contributed by atoms with E-state index < -0.39 is 11.7 Å². The van der Waals surface area contributed by atoms with Crippen LogP contribution in [0.15, 0.2) is 54.7 Å². The van der Waals surface area contributed by atoms with Crippen LogP contribution in [0.5, 0.6) is 0 Å². The number of hydrogen-bond donors (Lipinski definition) is 1. The Bertz CT molecular complexity index is 1000. The molecular formula is C22H22ClF3N4. The zero-order valence-corrected chi connectivity index (χ0v) is 17.4. The molecule has 0 fully saturated rings. The van der Waals surface area contributed by atoms with Crippen molar-refractivity contribution in [2.24, 2.45) is 5.84 Å². The van der Waals surface area contributed by atoms with E-state index in [1.54, 1.807) is 24.4 Å². The van der Waals surface area contributed by atoms with Gasteiger partial charge in [-0.3, -0.25) is 5.01 Å². The Morgan fingerprint density at radius 2 is 1.73 bits per heavy atom. The zero-order valence-electron chi connectivity index (χ0n) is 16.6. The molecular weight excluding hydrogens is 413 g/mol. The van der Waals surface area contributed by atoms with Crippen molar-refractivity contribution in [2.45, 2.75) is 38.9 Å². The first-order valence-electron chi connectivity index (χ1n) is 9.43. The van der Waals surface area contributed by atoms with Gasteiger partial charge in [-0.1, -0.05) is 41.9 Å². The van der Waals surface area contributed by atoms with E-state index in [-0.39, 0.29) is 12.5 Å². The van der Waals surface area contributed by atoms with Gasteiger partial charge in [0.1, 0.15) is 0 Å². The van der Waals surface area contributed by atoms with Crippen LogP contribution in [0, 0.1) is 0 Å². The maximum absolute atomic E-state index is 13.1. The van der Waals surface area contributed by atoms with E-state index in [1.165, 1.54) is 11.1 Å². The van der Waals surface area contributed by atoms with Gasteiger partial charge in [0.2, 0.25) is 5.95 Å². The summed E-state index contributed by atoms with van der Waals surface area (Å²) in [7, 11) is 0. The first-order valence-corrected chi connectivity index (χ1v) is 9.80. The summed E-state index contributed by atoms with van der Waals surface area (Å²) in [6, 6.07) is 12.6. The van der Waals surface area contributed by atoms with E-state index in [1.807, 2.05) is 26.0 Å². The number of halogens is 4. The summed E-state index contributed by atoms with van der Waals surface area (Å²) in [6.07, 6.45) is -2.00. The van der Waals surface area contributed by atoms with E-state index in [0.717, 1.165) is 23.3 Å². The quantitative estimate of drug-likeness (QED) is 0.416. The van der Waals surface area contributed by atoms with Gasteiger partial charge in [-0.05, 0) is 48.7 Å². The number of benzene rings is 2. The summed E-state index contributed by atoms with van der Waals surface area (Å²) < 4.78 is 39.2. The van der Waals surface area contributed by atoms with Gasteiger partial charge < -0.3 is 0 Å². The zero-order chi connectivity index (χ0) is 21.9. The van der Waals surface area contributed by atoms with Crippen LogP contribution in [-0.4, -0.2) is 16.0 Å². The predicted molar refractivity (Wildman–Crippen MR) is 112 cm³/mol. The third-order valence-electron chi connectivity index (χ3n) is 4.66. The summed E-state index contributed by atoms with van der Waals surface area (Å²) in [5.41, 5.74) is 2.28. The van der Waals surface area contributed by atoms with Crippen molar-refractivity contribution in [1.29, 1.82) is 0 Å². The highest BCUT2D eigenvalue weighted by atomic mass is 35.5. The fourth-order valence-corrected chi connectivity index (χ4v) is 3.09. The molecule has 1 heterocycles. The van der Waals surface area contributed by atoms with Gasteiger partial charge in [-0.25, -0.2) is 15.8 Å². The molecule has 3 aromatic rings. The van der Waals surface area contributed by atoms with Gasteiger partial charge in [-0.2, -0.15) is 13.2 Å². The minimum Gasteiger partial charge on any atom is -0.276 e. The number of hydrogen-bond acceptors (Lipinski definition) is 4. The average molecular weight is 435 g/mol. The van der Waals surface area contributed by atoms with Gasteiger partial charge >= 0.3 is 6.18 Å². The first-order chi connectivity index (χ1) is 14.1. The standard InChI is InChI=1S/C22H22ClF3N4/c1-14(2)30(27)21-28-13-17(10-16-4-3-5-18(11-16)22(24,25)26)20(29-21)12-15-6-8-19(23)9-7-15/h3-9,11,13-14H,10,12,27H2,1-2H3. The molecule has 2 aromatic carbocycles. The normalized spacial score (nSPS) is 11.7. The van der Waals surface area contributed by atoms with Gasteiger partial charge in [0.15, 0.2) is 0 Å². The Balaban J connectivity index is 1.97. The van der Waals surface area contributed by atoms with Crippen LogP contribution in [0.4, 0.5) is 19.1 Å². The minimum atomic E-state index is -4.39. The molecule has 158 valence electrons. The fourth-order valence-electron chi connectivity index (χ4n) is 2.96. The molecule has 0 atom stereocenters. The maximum Gasteiger partial charge on any atom is 0.416 e. The molecule has 0 spiro atoms. The number of aromatic nitrogens is 2. The molecule has 1 aromatic heterocycles. The largest absolute Gasteiger partial charge is 0.416 e. The molecule has 0 saturated heterocycles. The Labute approximate surface area is 178 Å². The molecule has 3 rings (SSSR count). The third-order valence-corrected chi connectivity index (χ3v) is 4.91. The Kier molecular flexibility index (Phi) is 6.63. The van der Waals surface area contributed by atoms with Crippen molar-refractivity contribution in [1.82, 2.24) is 9.97 Å². The lowest BCUT2D eigenvalue weighted by Gasteiger charge is -2.22. The van der Waals surface area contributed by atoms with Crippen molar-refractivity contribution in [3.05, 3.63) is 87.7 Å². The van der Waals surface area contributed by atoms with Crippen molar-refractivity contribution in [2.75, 3.05) is 5.01 Å². The van der Waals surface area contributed by atoms with Gasteiger partial charge in [0.05, 0.1) is 11.3 Å². The van der Waals surface area contributed by atoms with E-state index >= 15 is 0 Å². The van der Waals surface area contributed by atoms with Crippen LogP contribution in [0.25, 0.3) is 0 Å². The smallest absolute Gasteiger partial charge is 0.276 e. The maximum atomic E-state index is 13.1. The van der Waals surface area contributed by atoms with E-state index in [4.69, 9.17) is 17.4 Å². The van der Waals surface area contributed by atoms with Crippen molar-refractivity contribution >= 4 is 17.5 Å². The van der Waals surface area contributed by atoms with E-state index in [9.17, 15) is 13.2 Å². The molecule has 0 aliphatic carbocycles. The topological polar surface area (TPSA) is 55.0 Å². The number of rotatable bonds is 6. The number of nitrogens with two attached hydrogens (primary N) is 1. The SMILES string of the molecule is CC(C)N(N)c1ncc(Cc2cccc(C(F)(F)F)c2)c(Cc2ccc(Cl)cc2)n1. The summed E-state index contributed by atoms with van der Waals surface area (Å²) >= 11 is 5.97. The molecule has 0 aliphatic rings. The molecule has 0 saturated carbocycles. The van der Waals surface area contributed by atoms with Crippen LogP contribution in [0.2, 0.25) is 5.02 Å². The molecule has 0 aliphatic heterocycles. The summed E-state index contributed by atoms with van der Waals surface area (Å²) in [4.78, 5) is 8.94. The molecule has 30 heavy (non-hydrogen) atoms. The Morgan fingerprint density at radius 3 is 2.37 bits per heavy atom. The summed E-state index contributed by atoms with van der Waals surface area (Å²) in [6.45, 7) is 3.83. The fraction of sp³-hybridized carbons (Fsp3) is 0.273. The number of nitrogens with zero attached hydrogens (tertiary/aromatic N) is 3. The Hall–Kier alpha value is -2.64. The van der Waals surface area contributed by atoms with Crippen molar-refractivity contribution in [3.63, 3.8) is 0 Å². The lowest BCUT2D eigenvalue weighted by molar-refractivity contribution is -0.137. The number of alkyl halides is 3. The van der Waals surface area contributed by atoms with E-state index in [2.05, 4.69) is 9.97 Å². The highest BCUT2D eigenvalue weighted by Crippen LogP contribution is 2.30. The predicted octanol–water partition coefficient (Wildman–Crippen LogP) is 5.42. The summed E-state index contributed by atoms with van der Waals surface area (Å²) in [5, 5.41) is 2.08. The van der Waals surface area contributed by atoms with Crippen LogP contribution in [0.3, 0.4) is 0 Å². The van der Waals surface area contributed by atoms with Gasteiger partial charge in [0, 0.05) is 30.1 Å². The highest BCUT2D eigenvalue weighted by molar-refractivity contribution is 6.30. The van der Waals surface area contributed by atoms with Crippen molar-refractivity contribution < 1.29 is 13.2 Å². The lowest BCUT2D eigenvalue weighted by Crippen LogP contribution is -2.39. The van der Waals surface area contributed by atoms with Crippen molar-refractivity contribution in [3.8, 4) is 0 Å². The lowest BCUT2D eigenvalue weighted by atomic mass is 9.99.